The number of carbonyl (C=O) groups excluding carboxylic acids is 1. The Morgan fingerprint density at radius 1 is 1.43 bits per heavy atom. The molecule has 0 aliphatic carbocycles. The zero-order valence-corrected chi connectivity index (χ0v) is 9.13. The number of rotatable bonds is 3. The van der Waals surface area contributed by atoms with Crippen LogP contribution in [0.1, 0.15) is 6.92 Å². The molecule has 1 rings (SSSR count). The predicted octanol–water partition coefficient (Wildman–Crippen LogP) is 0.727. The maximum Gasteiger partial charge on any atom is 0.240 e. The van der Waals surface area contributed by atoms with Crippen LogP contribution in [0, 0.1) is 0 Å². The number of carbonyl (C=O) groups is 1. The summed E-state index contributed by atoms with van der Waals surface area (Å²) in [5.41, 5.74) is 0. The van der Waals surface area contributed by atoms with Gasteiger partial charge in [-0.1, -0.05) is 0 Å². The predicted molar refractivity (Wildman–Crippen MR) is 54.3 cm³/mol. The van der Waals surface area contributed by atoms with Crippen LogP contribution in [0.2, 0.25) is 0 Å². The zero-order valence-electron chi connectivity index (χ0n) is 8.38. The molecule has 1 saturated heterocycles. The van der Waals surface area contributed by atoms with E-state index in [1.165, 1.54) is 0 Å². The van der Waals surface area contributed by atoms with Gasteiger partial charge in [-0.25, -0.2) is 4.39 Å². The van der Waals surface area contributed by atoms with Gasteiger partial charge in [-0.15, -0.1) is 11.6 Å². The Bertz CT molecular complexity index is 193. The highest BCUT2D eigenvalue weighted by atomic mass is 35.5. The van der Waals surface area contributed by atoms with E-state index in [-0.39, 0.29) is 12.6 Å². The van der Waals surface area contributed by atoms with Crippen LogP contribution in [0.25, 0.3) is 0 Å². The first-order valence-corrected chi connectivity index (χ1v) is 5.30. The minimum atomic E-state index is -0.456. The van der Waals surface area contributed by atoms with Crippen LogP contribution in [-0.2, 0) is 4.79 Å². The largest absolute Gasteiger partial charge is 0.339 e. The molecule has 1 unspecified atom stereocenters. The molecule has 1 amide bonds. The molecule has 0 spiro atoms. The minimum absolute atomic E-state index is 0.0217. The molecule has 1 fully saturated rings. The van der Waals surface area contributed by atoms with Crippen molar-refractivity contribution in [3.8, 4) is 0 Å². The average molecular weight is 223 g/mol. The smallest absolute Gasteiger partial charge is 0.240 e. The Labute approximate surface area is 88.8 Å². The first kappa shape index (κ1) is 11.7. The third kappa shape index (κ3) is 3.10. The molecule has 3 nitrogen and oxygen atoms in total. The highest BCUT2D eigenvalue weighted by Crippen LogP contribution is 2.06. The van der Waals surface area contributed by atoms with Crippen molar-refractivity contribution < 1.29 is 9.18 Å². The van der Waals surface area contributed by atoms with Gasteiger partial charge in [-0.2, -0.15) is 0 Å². The summed E-state index contributed by atoms with van der Waals surface area (Å²) in [5.74, 6) is -0.0217. The molecule has 1 aliphatic rings. The number of amides is 1. The number of halogens is 2. The third-order valence-electron chi connectivity index (χ3n) is 2.42. The van der Waals surface area contributed by atoms with Gasteiger partial charge in [0.05, 0.1) is 0 Å². The second-order valence-corrected chi connectivity index (χ2v) is 4.13. The Morgan fingerprint density at radius 2 is 2.00 bits per heavy atom. The molecule has 0 aromatic heterocycles. The standard InChI is InChI=1S/C9H16ClFN2O/c1-8(10)9(14)13-6-4-12(3-2-11)5-7-13/h8H,2-7H2,1H3. The molecule has 5 heteroatoms. The molecule has 1 aliphatic heterocycles. The number of alkyl halides is 2. The van der Waals surface area contributed by atoms with Crippen molar-refractivity contribution in [1.29, 1.82) is 0 Å². The van der Waals surface area contributed by atoms with E-state index in [2.05, 4.69) is 0 Å². The first-order chi connectivity index (χ1) is 6.65. The fraction of sp³-hybridized carbons (Fsp3) is 0.889. The molecular formula is C9H16ClFN2O. The summed E-state index contributed by atoms with van der Waals surface area (Å²) >= 11 is 5.69. The van der Waals surface area contributed by atoms with Crippen LogP contribution >= 0.6 is 11.6 Å². The molecule has 0 radical (unpaired) electrons. The summed E-state index contributed by atoms with van der Waals surface area (Å²) in [6.45, 7) is 4.65. The lowest BCUT2D eigenvalue weighted by Gasteiger charge is -2.34. The molecule has 0 saturated carbocycles. The van der Waals surface area contributed by atoms with Crippen molar-refractivity contribution in [3.63, 3.8) is 0 Å². The van der Waals surface area contributed by atoms with Gasteiger partial charge >= 0.3 is 0 Å². The summed E-state index contributed by atoms with van der Waals surface area (Å²) < 4.78 is 12.0. The lowest BCUT2D eigenvalue weighted by molar-refractivity contribution is -0.132. The summed E-state index contributed by atoms with van der Waals surface area (Å²) in [6, 6.07) is 0. The van der Waals surface area contributed by atoms with Crippen molar-refractivity contribution in [2.75, 3.05) is 39.4 Å². The van der Waals surface area contributed by atoms with Crippen LogP contribution in [0.4, 0.5) is 4.39 Å². The summed E-state index contributed by atoms with van der Waals surface area (Å²) in [7, 11) is 0. The Balaban J connectivity index is 2.32. The Kier molecular flexibility index (Phi) is 4.62. The van der Waals surface area contributed by atoms with Gasteiger partial charge < -0.3 is 4.90 Å². The lowest BCUT2D eigenvalue weighted by Crippen LogP contribution is -2.50. The van der Waals surface area contributed by atoms with Gasteiger partial charge in [0.2, 0.25) is 5.91 Å². The van der Waals surface area contributed by atoms with E-state index in [0.29, 0.717) is 19.6 Å². The Hall–Kier alpha value is -0.350. The van der Waals surface area contributed by atoms with E-state index in [1.54, 1.807) is 11.8 Å². The summed E-state index contributed by atoms with van der Waals surface area (Å²) in [6.07, 6.45) is 0. The van der Waals surface area contributed by atoms with E-state index >= 15 is 0 Å². The number of hydrogen-bond donors (Lipinski definition) is 0. The highest BCUT2D eigenvalue weighted by molar-refractivity contribution is 6.30. The number of piperazine rings is 1. The van der Waals surface area contributed by atoms with Gasteiger partial charge in [0.25, 0.3) is 0 Å². The molecular weight excluding hydrogens is 207 g/mol. The van der Waals surface area contributed by atoms with Gasteiger partial charge in [0, 0.05) is 32.7 Å². The van der Waals surface area contributed by atoms with Crippen molar-refractivity contribution in [2.24, 2.45) is 0 Å². The minimum Gasteiger partial charge on any atom is -0.339 e. The fourth-order valence-electron chi connectivity index (χ4n) is 1.56. The van der Waals surface area contributed by atoms with Crippen LogP contribution in [-0.4, -0.2) is 60.5 Å². The highest BCUT2D eigenvalue weighted by Gasteiger charge is 2.23. The number of hydrogen-bond acceptors (Lipinski definition) is 2. The lowest BCUT2D eigenvalue weighted by atomic mass is 10.3. The van der Waals surface area contributed by atoms with E-state index in [1.807, 2.05) is 4.90 Å². The monoisotopic (exact) mass is 222 g/mol. The molecule has 1 heterocycles. The van der Waals surface area contributed by atoms with Gasteiger partial charge in [-0.05, 0) is 6.92 Å². The maximum atomic E-state index is 12.0. The normalized spacial score (nSPS) is 20.9. The van der Waals surface area contributed by atoms with E-state index in [9.17, 15) is 9.18 Å². The van der Waals surface area contributed by atoms with Crippen LogP contribution in [0.5, 0.6) is 0 Å². The average Bonchev–Trinajstić information content (AvgIpc) is 2.18. The first-order valence-electron chi connectivity index (χ1n) is 4.86. The molecule has 0 aromatic carbocycles. The quantitative estimate of drug-likeness (QED) is 0.658. The SMILES string of the molecule is CC(Cl)C(=O)N1CCN(CCF)CC1. The van der Waals surface area contributed by atoms with Crippen LogP contribution in [0.15, 0.2) is 0 Å². The van der Waals surface area contributed by atoms with Gasteiger partial charge in [0.15, 0.2) is 0 Å². The molecule has 14 heavy (non-hydrogen) atoms. The molecule has 1 atom stereocenters. The maximum absolute atomic E-state index is 12.0. The van der Waals surface area contributed by atoms with E-state index < -0.39 is 5.38 Å². The topological polar surface area (TPSA) is 23.6 Å². The van der Waals surface area contributed by atoms with Gasteiger partial charge in [0.1, 0.15) is 12.1 Å². The van der Waals surface area contributed by atoms with Crippen molar-refractivity contribution >= 4 is 17.5 Å². The number of nitrogens with zero attached hydrogens (tertiary/aromatic N) is 2. The molecule has 82 valence electrons. The van der Waals surface area contributed by atoms with Crippen molar-refractivity contribution in [2.45, 2.75) is 12.3 Å². The van der Waals surface area contributed by atoms with E-state index in [4.69, 9.17) is 11.6 Å². The van der Waals surface area contributed by atoms with Crippen molar-refractivity contribution in [1.82, 2.24) is 9.80 Å². The van der Waals surface area contributed by atoms with E-state index in [0.717, 1.165) is 13.1 Å². The summed E-state index contributed by atoms with van der Waals surface area (Å²) in [5, 5.41) is -0.456. The summed E-state index contributed by atoms with van der Waals surface area (Å²) in [4.78, 5) is 15.2. The van der Waals surface area contributed by atoms with Crippen LogP contribution < -0.4 is 0 Å². The molecule has 0 bridgehead atoms. The van der Waals surface area contributed by atoms with Gasteiger partial charge in [-0.3, -0.25) is 9.69 Å². The second kappa shape index (κ2) is 5.51. The molecule has 0 aromatic rings. The Morgan fingerprint density at radius 3 is 2.43 bits per heavy atom. The fourth-order valence-corrected chi connectivity index (χ4v) is 1.70. The molecule has 0 N–H and O–H groups in total. The third-order valence-corrected chi connectivity index (χ3v) is 2.61. The van der Waals surface area contributed by atoms with Crippen LogP contribution in [0.3, 0.4) is 0 Å². The second-order valence-electron chi connectivity index (χ2n) is 3.47. The zero-order chi connectivity index (χ0) is 10.6. The van der Waals surface area contributed by atoms with Crippen molar-refractivity contribution in [3.05, 3.63) is 0 Å².